The summed E-state index contributed by atoms with van der Waals surface area (Å²) in [5, 5.41) is 0. The average Bonchev–Trinajstić information content (AvgIpc) is 2.17. The van der Waals surface area contributed by atoms with Crippen LogP contribution in [0.5, 0.6) is 0 Å². The van der Waals surface area contributed by atoms with E-state index in [-0.39, 0.29) is 0 Å². The molecule has 0 aliphatic heterocycles. The molecule has 0 spiro atoms. The Morgan fingerprint density at radius 1 is 1.46 bits per heavy atom. The molecule has 0 saturated carbocycles. The zero-order valence-corrected chi connectivity index (χ0v) is 8.46. The van der Waals surface area contributed by atoms with Gasteiger partial charge in [0.15, 0.2) is 0 Å². The van der Waals surface area contributed by atoms with Crippen molar-refractivity contribution in [3.63, 3.8) is 0 Å². The highest BCUT2D eigenvalue weighted by atomic mass is 14.7. The van der Waals surface area contributed by atoms with Crippen molar-refractivity contribution in [3.05, 3.63) is 29.6 Å². The first-order valence-corrected chi connectivity index (χ1v) is 5.23. The fourth-order valence-electron chi connectivity index (χ4n) is 2.29. The molecule has 0 amide bonds. The van der Waals surface area contributed by atoms with Crippen molar-refractivity contribution in [2.75, 3.05) is 0 Å². The molecular weight excluding hydrogens is 158 g/mol. The van der Waals surface area contributed by atoms with Gasteiger partial charge in [0, 0.05) is 17.8 Å². The van der Waals surface area contributed by atoms with E-state index in [0.717, 1.165) is 5.92 Å². The lowest BCUT2D eigenvalue weighted by Crippen LogP contribution is -2.16. The topological polar surface area (TPSA) is 12.9 Å². The molecule has 1 nitrogen and oxygen atoms in total. The molecule has 1 atom stereocenters. The van der Waals surface area contributed by atoms with Gasteiger partial charge in [-0.2, -0.15) is 0 Å². The summed E-state index contributed by atoms with van der Waals surface area (Å²) in [4.78, 5) is 4.52. The third-order valence-corrected chi connectivity index (χ3v) is 3.04. The Labute approximate surface area is 80.2 Å². The predicted octanol–water partition coefficient (Wildman–Crippen LogP) is 3.16. The molecule has 0 N–H and O–H groups in total. The SMILES string of the molecule is CC(C)C1CCCc2cccnc21. The summed E-state index contributed by atoms with van der Waals surface area (Å²) in [5.41, 5.74) is 2.84. The molecule has 1 aliphatic carbocycles. The van der Waals surface area contributed by atoms with Gasteiger partial charge in [-0.15, -0.1) is 0 Å². The standard InChI is InChI=1S/C12H17N/c1-9(2)11-7-3-5-10-6-4-8-13-12(10)11/h4,6,8-9,11H,3,5,7H2,1-2H3. The van der Waals surface area contributed by atoms with Crippen LogP contribution in [0.25, 0.3) is 0 Å². The molecule has 13 heavy (non-hydrogen) atoms. The minimum Gasteiger partial charge on any atom is -0.261 e. The largest absolute Gasteiger partial charge is 0.261 e. The van der Waals surface area contributed by atoms with Crippen LogP contribution in [0.4, 0.5) is 0 Å². The van der Waals surface area contributed by atoms with Crippen LogP contribution in [0.3, 0.4) is 0 Å². The number of fused-ring (bicyclic) bond motifs is 1. The molecule has 0 radical (unpaired) electrons. The molecule has 0 bridgehead atoms. The fraction of sp³-hybridized carbons (Fsp3) is 0.583. The zero-order chi connectivity index (χ0) is 9.26. The van der Waals surface area contributed by atoms with Gasteiger partial charge in [0.1, 0.15) is 0 Å². The quantitative estimate of drug-likeness (QED) is 0.639. The predicted molar refractivity (Wildman–Crippen MR) is 54.8 cm³/mol. The van der Waals surface area contributed by atoms with E-state index in [1.807, 2.05) is 6.20 Å². The molecular formula is C12H17N. The number of pyridine rings is 1. The van der Waals surface area contributed by atoms with Crippen LogP contribution in [0.1, 0.15) is 43.9 Å². The Morgan fingerprint density at radius 2 is 2.31 bits per heavy atom. The molecule has 1 heteroatoms. The molecule has 0 saturated heterocycles. The maximum Gasteiger partial charge on any atom is 0.0468 e. The van der Waals surface area contributed by atoms with Gasteiger partial charge < -0.3 is 0 Å². The number of aromatic nitrogens is 1. The normalized spacial score (nSPS) is 21.6. The summed E-state index contributed by atoms with van der Waals surface area (Å²) < 4.78 is 0. The minimum absolute atomic E-state index is 0.699. The van der Waals surface area contributed by atoms with E-state index in [1.165, 1.54) is 30.5 Å². The first-order valence-electron chi connectivity index (χ1n) is 5.23. The van der Waals surface area contributed by atoms with Gasteiger partial charge in [-0.1, -0.05) is 19.9 Å². The minimum atomic E-state index is 0.699. The van der Waals surface area contributed by atoms with E-state index in [9.17, 15) is 0 Å². The Hall–Kier alpha value is -0.850. The lowest BCUT2D eigenvalue weighted by Gasteiger charge is -2.26. The third-order valence-electron chi connectivity index (χ3n) is 3.04. The summed E-state index contributed by atoms with van der Waals surface area (Å²) in [7, 11) is 0. The summed E-state index contributed by atoms with van der Waals surface area (Å²) in [6.07, 6.45) is 5.81. The highest BCUT2D eigenvalue weighted by molar-refractivity contribution is 5.26. The molecule has 1 aromatic rings. The zero-order valence-electron chi connectivity index (χ0n) is 8.46. The summed E-state index contributed by atoms with van der Waals surface area (Å²) in [5.74, 6) is 1.43. The van der Waals surface area contributed by atoms with Crippen LogP contribution in [0.2, 0.25) is 0 Å². The second-order valence-corrected chi connectivity index (χ2v) is 4.29. The fourth-order valence-corrected chi connectivity index (χ4v) is 2.29. The van der Waals surface area contributed by atoms with E-state index in [4.69, 9.17) is 0 Å². The lowest BCUT2D eigenvalue weighted by molar-refractivity contribution is 0.423. The van der Waals surface area contributed by atoms with Crippen LogP contribution < -0.4 is 0 Å². The van der Waals surface area contributed by atoms with Gasteiger partial charge >= 0.3 is 0 Å². The van der Waals surface area contributed by atoms with E-state index < -0.39 is 0 Å². The highest BCUT2D eigenvalue weighted by Crippen LogP contribution is 2.34. The first-order chi connectivity index (χ1) is 6.29. The van der Waals surface area contributed by atoms with Gasteiger partial charge in [0.2, 0.25) is 0 Å². The Balaban J connectivity index is 2.37. The van der Waals surface area contributed by atoms with E-state index in [1.54, 1.807) is 0 Å². The first kappa shape index (κ1) is 8.74. The molecule has 1 heterocycles. The third kappa shape index (κ3) is 1.60. The van der Waals surface area contributed by atoms with E-state index in [2.05, 4.69) is 31.0 Å². The monoisotopic (exact) mass is 175 g/mol. The van der Waals surface area contributed by atoms with Gasteiger partial charge in [-0.3, -0.25) is 4.98 Å². The van der Waals surface area contributed by atoms with Gasteiger partial charge in [-0.05, 0) is 36.8 Å². The Bertz CT molecular complexity index is 291. The molecule has 0 fully saturated rings. The van der Waals surface area contributed by atoms with Crippen LogP contribution >= 0.6 is 0 Å². The molecule has 1 aromatic heterocycles. The summed E-state index contributed by atoms with van der Waals surface area (Å²) >= 11 is 0. The van der Waals surface area contributed by atoms with Crippen molar-refractivity contribution in [1.82, 2.24) is 4.98 Å². The van der Waals surface area contributed by atoms with Crippen LogP contribution in [0.15, 0.2) is 18.3 Å². The van der Waals surface area contributed by atoms with Crippen LogP contribution in [-0.4, -0.2) is 4.98 Å². The smallest absolute Gasteiger partial charge is 0.0468 e. The molecule has 70 valence electrons. The molecule has 0 aromatic carbocycles. The maximum absolute atomic E-state index is 4.52. The second-order valence-electron chi connectivity index (χ2n) is 4.29. The lowest BCUT2D eigenvalue weighted by atomic mass is 9.80. The van der Waals surface area contributed by atoms with Crippen LogP contribution in [-0.2, 0) is 6.42 Å². The summed E-state index contributed by atoms with van der Waals surface area (Å²) in [6.45, 7) is 4.60. The number of rotatable bonds is 1. The number of hydrogen-bond acceptors (Lipinski definition) is 1. The number of hydrogen-bond donors (Lipinski definition) is 0. The van der Waals surface area contributed by atoms with Crippen molar-refractivity contribution >= 4 is 0 Å². The average molecular weight is 175 g/mol. The van der Waals surface area contributed by atoms with Crippen molar-refractivity contribution in [3.8, 4) is 0 Å². The Kier molecular flexibility index (Phi) is 2.34. The molecule has 1 aliphatic rings. The van der Waals surface area contributed by atoms with Crippen molar-refractivity contribution in [1.29, 1.82) is 0 Å². The molecule has 1 unspecified atom stereocenters. The number of nitrogens with zero attached hydrogens (tertiary/aromatic N) is 1. The Morgan fingerprint density at radius 3 is 3.08 bits per heavy atom. The van der Waals surface area contributed by atoms with E-state index >= 15 is 0 Å². The van der Waals surface area contributed by atoms with Gasteiger partial charge in [0.25, 0.3) is 0 Å². The van der Waals surface area contributed by atoms with E-state index in [0.29, 0.717) is 5.92 Å². The maximum atomic E-state index is 4.52. The summed E-state index contributed by atoms with van der Waals surface area (Å²) in [6, 6.07) is 4.29. The van der Waals surface area contributed by atoms with Crippen molar-refractivity contribution in [2.24, 2.45) is 5.92 Å². The van der Waals surface area contributed by atoms with Crippen LogP contribution in [0, 0.1) is 5.92 Å². The highest BCUT2D eigenvalue weighted by Gasteiger charge is 2.23. The van der Waals surface area contributed by atoms with Crippen molar-refractivity contribution in [2.45, 2.75) is 39.0 Å². The molecule has 2 rings (SSSR count). The second kappa shape index (κ2) is 3.49. The van der Waals surface area contributed by atoms with Gasteiger partial charge in [-0.25, -0.2) is 0 Å². The van der Waals surface area contributed by atoms with Crippen molar-refractivity contribution < 1.29 is 0 Å². The number of aryl methyl sites for hydroxylation is 1. The van der Waals surface area contributed by atoms with Gasteiger partial charge in [0.05, 0.1) is 0 Å².